The third kappa shape index (κ3) is 5.97. The van der Waals surface area contributed by atoms with Gasteiger partial charge in [0.2, 0.25) is 11.8 Å². The zero-order chi connectivity index (χ0) is 21.6. The van der Waals surface area contributed by atoms with E-state index in [-0.39, 0.29) is 23.5 Å². The number of hydrogen-bond acceptors (Lipinski definition) is 4. The van der Waals surface area contributed by atoms with Crippen LogP contribution >= 0.6 is 0 Å². The van der Waals surface area contributed by atoms with E-state index < -0.39 is 0 Å². The van der Waals surface area contributed by atoms with Gasteiger partial charge in [-0.15, -0.1) is 0 Å². The highest BCUT2D eigenvalue weighted by Crippen LogP contribution is 2.21. The van der Waals surface area contributed by atoms with Gasteiger partial charge in [0.1, 0.15) is 5.82 Å². The molecule has 1 atom stereocenters. The predicted molar refractivity (Wildman–Crippen MR) is 119 cm³/mol. The Balaban J connectivity index is 1.22. The highest BCUT2D eigenvalue weighted by molar-refractivity contribution is 5.80. The Hall–Kier alpha value is -2.15. The van der Waals surface area contributed by atoms with Crippen molar-refractivity contribution in [2.75, 3.05) is 50.7 Å². The van der Waals surface area contributed by atoms with Gasteiger partial charge in [-0.25, -0.2) is 4.39 Å². The normalized spacial score (nSPS) is 23.6. The van der Waals surface area contributed by atoms with Gasteiger partial charge in [0.25, 0.3) is 0 Å². The van der Waals surface area contributed by atoms with Crippen molar-refractivity contribution in [3.63, 3.8) is 0 Å². The van der Waals surface area contributed by atoms with Crippen LogP contribution < -0.4 is 10.2 Å². The molecule has 0 bridgehead atoms. The van der Waals surface area contributed by atoms with E-state index in [9.17, 15) is 14.0 Å². The minimum atomic E-state index is -0.232. The third-order valence-corrected chi connectivity index (χ3v) is 7.01. The minimum absolute atomic E-state index is 0.00111. The van der Waals surface area contributed by atoms with Gasteiger partial charge in [0.05, 0.1) is 12.5 Å². The van der Waals surface area contributed by atoms with Crippen LogP contribution in [0.4, 0.5) is 10.1 Å². The smallest absolute Gasteiger partial charge is 0.236 e. The number of piperidine rings is 1. The van der Waals surface area contributed by atoms with Gasteiger partial charge in [-0.2, -0.15) is 0 Å². The first-order valence-corrected chi connectivity index (χ1v) is 11.9. The number of carbonyl (C=O) groups excluding carboxylic acids is 2. The second-order valence-corrected chi connectivity index (χ2v) is 9.26. The van der Waals surface area contributed by atoms with Crippen LogP contribution in [0.3, 0.4) is 0 Å². The van der Waals surface area contributed by atoms with Crippen LogP contribution in [0.15, 0.2) is 24.3 Å². The van der Waals surface area contributed by atoms with Gasteiger partial charge < -0.3 is 15.1 Å². The third-order valence-electron chi connectivity index (χ3n) is 7.01. The van der Waals surface area contributed by atoms with Gasteiger partial charge in [0.15, 0.2) is 0 Å². The molecule has 7 heteroatoms. The Morgan fingerprint density at radius 3 is 2.32 bits per heavy atom. The number of halogens is 1. The van der Waals surface area contributed by atoms with Crippen LogP contribution in [0.5, 0.6) is 0 Å². The number of amides is 2. The summed E-state index contributed by atoms with van der Waals surface area (Å²) in [5.41, 5.74) is 0.997. The number of likely N-dealkylation sites (tertiary alicyclic amines) is 1. The quantitative estimate of drug-likeness (QED) is 0.780. The molecule has 170 valence electrons. The van der Waals surface area contributed by atoms with Crippen molar-refractivity contribution < 1.29 is 14.0 Å². The summed E-state index contributed by atoms with van der Waals surface area (Å²) in [6, 6.07) is 6.88. The highest BCUT2D eigenvalue weighted by Gasteiger charge is 2.30. The number of carbonyl (C=O) groups is 2. The Kier molecular flexibility index (Phi) is 7.43. The maximum Gasteiger partial charge on any atom is 0.236 e. The Morgan fingerprint density at radius 2 is 1.61 bits per heavy atom. The summed E-state index contributed by atoms with van der Waals surface area (Å²) in [5, 5.41) is 3.26. The molecule has 31 heavy (non-hydrogen) atoms. The van der Waals surface area contributed by atoms with E-state index in [2.05, 4.69) is 15.1 Å². The molecule has 3 fully saturated rings. The first-order chi connectivity index (χ1) is 15.1. The zero-order valence-corrected chi connectivity index (χ0v) is 18.4. The van der Waals surface area contributed by atoms with Crippen molar-refractivity contribution in [1.29, 1.82) is 0 Å². The van der Waals surface area contributed by atoms with Crippen LogP contribution in [0, 0.1) is 11.7 Å². The molecule has 1 saturated carbocycles. The minimum Gasteiger partial charge on any atom is -0.368 e. The summed E-state index contributed by atoms with van der Waals surface area (Å²) in [4.78, 5) is 31.9. The molecule has 2 heterocycles. The molecule has 1 unspecified atom stereocenters. The number of nitrogens with one attached hydrogen (secondary N) is 1. The summed E-state index contributed by atoms with van der Waals surface area (Å²) in [6.45, 7) is 4.82. The van der Waals surface area contributed by atoms with Crippen molar-refractivity contribution in [3.05, 3.63) is 30.1 Å². The zero-order valence-electron chi connectivity index (χ0n) is 18.4. The van der Waals surface area contributed by atoms with Crippen LogP contribution in [-0.2, 0) is 9.59 Å². The highest BCUT2D eigenvalue weighted by atomic mass is 19.1. The molecule has 1 N–H and O–H groups in total. The second-order valence-electron chi connectivity index (χ2n) is 9.26. The topological polar surface area (TPSA) is 55.9 Å². The van der Waals surface area contributed by atoms with Gasteiger partial charge in [-0.1, -0.05) is 19.3 Å². The summed E-state index contributed by atoms with van der Waals surface area (Å²) in [6.07, 6.45) is 7.79. The molecule has 6 nitrogen and oxygen atoms in total. The average Bonchev–Trinajstić information content (AvgIpc) is 2.80. The van der Waals surface area contributed by atoms with E-state index in [4.69, 9.17) is 0 Å². The Morgan fingerprint density at radius 1 is 0.903 bits per heavy atom. The van der Waals surface area contributed by atoms with Gasteiger partial charge in [-0.05, 0) is 56.5 Å². The molecule has 1 aromatic carbocycles. The number of anilines is 1. The van der Waals surface area contributed by atoms with Crippen LogP contribution in [0.2, 0.25) is 0 Å². The molecule has 0 radical (unpaired) electrons. The fourth-order valence-electron chi connectivity index (χ4n) is 5.14. The molecular formula is C24H35FN4O2. The van der Waals surface area contributed by atoms with Crippen LogP contribution in [0.25, 0.3) is 0 Å². The number of piperazine rings is 1. The monoisotopic (exact) mass is 430 g/mol. The summed E-state index contributed by atoms with van der Waals surface area (Å²) in [5.74, 6) is 0.0904. The van der Waals surface area contributed by atoms with E-state index in [1.807, 2.05) is 4.90 Å². The molecule has 3 aliphatic rings. The maximum atomic E-state index is 13.1. The average molecular weight is 431 g/mol. The molecule has 2 amide bonds. The number of benzene rings is 1. The largest absolute Gasteiger partial charge is 0.368 e. The molecular weight excluding hydrogens is 395 g/mol. The van der Waals surface area contributed by atoms with E-state index in [0.29, 0.717) is 32.2 Å². The number of nitrogens with zero attached hydrogens (tertiary/aromatic N) is 3. The van der Waals surface area contributed by atoms with Crippen LogP contribution in [0.1, 0.15) is 44.9 Å². The first kappa shape index (κ1) is 22.1. The van der Waals surface area contributed by atoms with Crippen molar-refractivity contribution in [2.24, 2.45) is 5.92 Å². The SMILES string of the molecule is O=C(NC1CCCCC1)C1CCCN(CC(=O)N2CCN(c3ccc(F)cc3)CC2)C1. The van der Waals surface area contributed by atoms with Crippen molar-refractivity contribution in [2.45, 2.75) is 51.0 Å². The molecule has 2 saturated heterocycles. The maximum absolute atomic E-state index is 13.1. The van der Waals surface area contributed by atoms with Crippen molar-refractivity contribution >= 4 is 17.5 Å². The first-order valence-electron chi connectivity index (χ1n) is 11.9. The predicted octanol–water partition coefficient (Wildman–Crippen LogP) is 2.64. The van der Waals surface area contributed by atoms with E-state index >= 15 is 0 Å². The van der Waals surface area contributed by atoms with Crippen LogP contribution in [-0.4, -0.2) is 73.5 Å². The standard InChI is InChI=1S/C24H35FN4O2/c25-20-8-10-22(11-9-20)28-13-15-29(16-14-28)23(30)18-27-12-4-5-19(17-27)24(31)26-21-6-2-1-3-7-21/h8-11,19,21H,1-7,12-18H2,(H,26,31). The Labute approximate surface area is 184 Å². The molecule has 1 aromatic rings. The molecule has 0 spiro atoms. The lowest BCUT2D eigenvalue weighted by Gasteiger charge is -2.38. The number of rotatable bonds is 5. The second kappa shape index (κ2) is 10.4. The molecule has 1 aliphatic carbocycles. The van der Waals surface area contributed by atoms with Gasteiger partial charge in [0, 0.05) is 44.5 Å². The van der Waals surface area contributed by atoms with E-state index in [0.717, 1.165) is 51.0 Å². The molecule has 4 rings (SSSR count). The van der Waals surface area contributed by atoms with E-state index in [1.165, 1.54) is 31.4 Å². The lowest BCUT2D eigenvalue weighted by atomic mass is 9.93. The summed E-state index contributed by atoms with van der Waals surface area (Å²) < 4.78 is 13.1. The molecule has 2 aliphatic heterocycles. The van der Waals surface area contributed by atoms with E-state index in [1.54, 1.807) is 12.1 Å². The fourth-order valence-corrected chi connectivity index (χ4v) is 5.14. The summed E-state index contributed by atoms with van der Waals surface area (Å²) >= 11 is 0. The summed E-state index contributed by atoms with van der Waals surface area (Å²) in [7, 11) is 0. The van der Waals surface area contributed by atoms with Crippen molar-refractivity contribution in [3.8, 4) is 0 Å². The molecule has 0 aromatic heterocycles. The number of hydrogen-bond donors (Lipinski definition) is 1. The lowest BCUT2D eigenvalue weighted by molar-refractivity contribution is -0.135. The van der Waals surface area contributed by atoms with Gasteiger partial charge >= 0.3 is 0 Å². The fraction of sp³-hybridized carbons (Fsp3) is 0.667. The Bertz CT molecular complexity index is 742. The van der Waals surface area contributed by atoms with Crippen molar-refractivity contribution in [1.82, 2.24) is 15.1 Å². The lowest BCUT2D eigenvalue weighted by Crippen LogP contribution is -2.53. The van der Waals surface area contributed by atoms with Gasteiger partial charge in [-0.3, -0.25) is 14.5 Å².